The van der Waals surface area contributed by atoms with Crippen LogP contribution in [0.15, 0.2) is 58.7 Å². The number of aromatic amines is 1. The van der Waals surface area contributed by atoms with Crippen molar-refractivity contribution < 1.29 is 23.1 Å². The van der Waals surface area contributed by atoms with Gasteiger partial charge in [-0.05, 0) is 42.5 Å². The van der Waals surface area contributed by atoms with Crippen LogP contribution in [0.25, 0.3) is 5.69 Å². The first-order valence-corrected chi connectivity index (χ1v) is 8.58. The second kappa shape index (κ2) is 8.29. The molecule has 3 aromatic rings. The van der Waals surface area contributed by atoms with Gasteiger partial charge in [-0.1, -0.05) is 6.07 Å². The zero-order chi connectivity index (χ0) is 21.9. The van der Waals surface area contributed by atoms with Crippen LogP contribution in [-0.2, 0) is 6.18 Å². The van der Waals surface area contributed by atoms with Gasteiger partial charge in [0.05, 0.1) is 17.5 Å². The molecule has 8 nitrogen and oxygen atoms in total. The molecule has 0 fully saturated rings. The molecule has 3 N–H and O–H groups in total. The number of carbonyl (C=O) groups excluding carboxylic acids is 1. The Bertz CT molecular complexity index is 1240. The molecule has 0 atom stereocenters. The Morgan fingerprint density at radius 3 is 2.63 bits per heavy atom. The van der Waals surface area contributed by atoms with Crippen molar-refractivity contribution in [3.63, 3.8) is 0 Å². The van der Waals surface area contributed by atoms with Gasteiger partial charge in [-0.2, -0.15) is 18.3 Å². The number of aromatic hydroxyl groups is 1. The lowest BCUT2D eigenvalue weighted by Gasteiger charge is -2.13. The minimum absolute atomic E-state index is 0.126. The number of carbonyl (C=O) groups is 1. The van der Waals surface area contributed by atoms with Crippen molar-refractivity contribution in [1.29, 1.82) is 0 Å². The minimum atomic E-state index is -4.61. The molecule has 0 saturated carbocycles. The molecule has 0 aliphatic rings. The van der Waals surface area contributed by atoms with Gasteiger partial charge >= 0.3 is 6.18 Å². The molecule has 2 aromatic heterocycles. The van der Waals surface area contributed by atoms with E-state index in [1.54, 1.807) is 0 Å². The molecule has 0 spiro atoms. The van der Waals surface area contributed by atoms with Gasteiger partial charge in [0.1, 0.15) is 5.56 Å². The zero-order valence-corrected chi connectivity index (χ0v) is 15.7. The van der Waals surface area contributed by atoms with Crippen LogP contribution in [0.1, 0.15) is 21.5 Å². The number of pyridine rings is 1. The highest BCUT2D eigenvalue weighted by atomic mass is 32.1. The maximum Gasteiger partial charge on any atom is 0.416 e. The lowest BCUT2D eigenvalue weighted by atomic mass is 10.2. The Morgan fingerprint density at radius 2 is 1.97 bits per heavy atom. The fourth-order valence-corrected chi connectivity index (χ4v) is 2.72. The van der Waals surface area contributed by atoms with Gasteiger partial charge in [0.25, 0.3) is 11.5 Å². The summed E-state index contributed by atoms with van der Waals surface area (Å²) in [6.45, 7) is 0. The first-order valence-electron chi connectivity index (χ1n) is 8.18. The number of H-pyrrole nitrogens is 1. The van der Waals surface area contributed by atoms with Gasteiger partial charge in [0.15, 0.2) is 4.77 Å². The van der Waals surface area contributed by atoms with Crippen LogP contribution in [0.3, 0.4) is 0 Å². The van der Waals surface area contributed by atoms with E-state index in [-0.39, 0.29) is 16.0 Å². The first kappa shape index (κ1) is 20.9. The van der Waals surface area contributed by atoms with Gasteiger partial charge in [-0.15, -0.1) is 0 Å². The minimum Gasteiger partial charge on any atom is -0.494 e. The number of hydrogen-bond acceptors (Lipinski definition) is 6. The monoisotopic (exact) mass is 435 g/mol. The van der Waals surface area contributed by atoms with Crippen molar-refractivity contribution in [2.24, 2.45) is 5.10 Å². The number of aromatic nitrogens is 3. The smallest absolute Gasteiger partial charge is 0.416 e. The van der Waals surface area contributed by atoms with Crippen molar-refractivity contribution in [3.8, 4) is 11.6 Å². The topological polar surface area (TPSA) is 112 Å². The van der Waals surface area contributed by atoms with E-state index >= 15 is 0 Å². The van der Waals surface area contributed by atoms with E-state index in [0.717, 1.165) is 29.0 Å². The van der Waals surface area contributed by atoms with Crippen molar-refractivity contribution in [2.45, 2.75) is 6.18 Å². The number of hydrogen-bond donors (Lipinski definition) is 3. The lowest BCUT2D eigenvalue weighted by Crippen LogP contribution is -2.21. The summed E-state index contributed by atoms with van der Waals surface area (Å²) < 4.78 is 39.5. The molecule has 154 valence electrons. The van der Waals surface area contributed by atoms with E-state index in [4.69, 9.17) is 12.2 Å². The second-order valence-corrected chi connectivity index (χ2v) is 6.20. The molecule has 1 aromatic carbocycles. The zero-order valence-electron chi connectivity index (χ0n) is 14.8. The lowest BCUT2D eigenvalue weighted by molar-refractivity contribution is -0.137. The normalized spacial score (nSPS) is 11.6. The summed E-state index contributed by atoms with van der Waals surface area (Å²) in [4.78, 5) is 30.1. The van der Waals surface area contributed by atoms with Gasteiger partial charge < -0.3 is 5.11 Å². The van der Waals surface area contributed by atoms with Crippen molar-refractivity contribution in [2.75, 3.05) is 0 Å². The number of nitrogens with one attached hydrogen (secondary N) is 2. The second-order valence-electron chi connectivity index (χ2n) is 5.82. The molecule has 1 amide bonds. The molecule has 0 aliphatic heterocycles. The predicted octanol–water partition coefficient (Wildman–Crippen LogP) is 2.78. The van der Waals surface area contributed by atoms with Gasteiger partial charge in [0, 0.05) is 18.0 Å². The van der Waals surface area contributed by atoms with Crippen molar-refractivity contribution in [3.05, 3.63) is 80.6 Å². The third-order valence-corrected chi connectivity index (χ3v) is 4.14. The van der Waals surface area contributed by atoms with Crippen LogP contribution in [-0.4, -0.2) is 31.8 Å². The molecule has 0 aliphatic carbocycles. The summed E-state index contributed by atoms with van der Waals surface area (Å²) in [5.41, 5.74) is 0.0533. The third kappa shape index (κ3) is 4.43. The number of halogens is 3. The highest BCUT2D eigenvalue weighted by Gasteiger charge is 2.30. The maximum absolute atomic E-state index is 13.0. The van der Waals surface area contributed by atoms with Crippen molar-refractivity contribution >= 4 is 24.3 Å². The van der Waals surface area contributed by atoms with Crippen LogP contribution < -0.4 is 11.0 Å². The Hall–Kier alpha value is -3.80. The predicted molar refractivity (Wildman–Crippen MR) is 103 cm³/mol. The largest absolute Gasteiger partial charge is 0.494 e. The average Bonchev–Trinajstić information content (AvgIpc) is 2.70. The van der Waals surface area contributed by atoms with Gasteiger partial charge in [0.2, 0.25) is 5.88 Å². The van der Waals surface area contributed by atoms with Crippen LogP contribution in [0.5, 0.6) is 5.88 Å². The summed E-state index contributed by atoms with van der Waals surface area (Å²) in [6, 6.07) is 6.89. The van der Waals surface area contributed by atoms with Crippen LogP contribution in [0.4, 0.5) is 13.2 Å². The number of alkyl halides is 3. The van der Waals surface area contributed by atoms with Crippen LogP contribution in [0.2, 0.25) is 0 Å². The SMILES string of the molecule is O=C(N/N=C/c1c(O)n(-c2cccc(C(F)(F)F)c2)c(=S)[nH]c1=O)c1ccncc1. The molecule has 3 rings (SSSR count). The van der Waals surface area contributed by atoms with E-state index in [2.05, 4.69) is 20.5 Å². The molecule has 0 saturated heterocycles. The third-order valence-electron chi connectivity index (χ3n) is 3.85. The Balaban J connectivity index is 1.97. The Labute approximate surface area is 171 Å². The summed E-state index contributed by atoms with van der Waals surface area (Å²) in [7, 11) is 0. The highest BCUT2D eigenvalue weighted by molar-refractivity contribution is 7.71. The van der Waals surface area contributed by atoms with E-state index in [1.807, 2.05) is 0 Å². The number of rotatable bonds is 4. The molecular formula is C18H12F3N5O3S. The molecule has 12 heteroatoms. The molecule has 0 bridgehead atoms. The maximum atomic E-state index is 13.0. The Kier molecular flexibility index (Phi) is 5.78. The quantitative estimate of drug-likeness (QED) is 0.331. The fourth-order valence-electron chi connectivity index (χ4n) is 2.44. The summed E-state index contributed by atoms with van der Waals surface area (Å²) in [6.07, 6.45) is -0.964. The summed E-state index contributed by atoms with van der Waals surface area (Å²) in [5, 5.41) is 14.1. The fraction of sp³-hybridized carbons (Fsp3) is 0.0556. The molecule has 30 heavy (non-hydrogen) atoms. The highest BCUT2D eigenvalue weighted by Crippen LogP contribution is 2.31. The number of hydrazone groups is 1. The van der Waals surface area contributed by atoms with Gasteiger partial charge in [-0.3, -0.25) is 24.1 Å². The van der Waals surface area contributed by atoms with Crippen molar-refractivity contribution in [1.82, 2.24) is 20.0 Å². The summed E-state index contributed by atoms with van der Waals surface area (Å²) >= 11 is 4.97. The van der Waals surface area contributed by atoms with Gasteiger partial charge in [-0.25, -0.2) is 5.43 Å². The number of nitrogens with zero attached hydrogens (tertiary/aromatic N) is 3. The number of benzene rings is 1. The molecule has 0 unspecified atom stereocenters. The average molecular weight is 435 g/mol. The van der Waals surface area contributed by atoms with E-state index in [9.17, 15) is 27.9 Å². The Morgan fingerprint density at radius 1 is 1.27 bits per heavy atom. The van der Waals surface area contributed by atoms with Crippen LogP contribution >= 0.6 is 12.2 Å². The molecule has 2 heterocycles. The molecular weight excluding hydrogens is 423 g/mol. The van der Waals surface area contributed by atoms with E-state index in [1.165, 1.54) is 30.6 Å². The van der Waals surface area contributed by atoms with Crippen LogP contribution in [0, 0.1) is 4.77 Å². The van der Waals surface area contributed by atoms with E-state index in [0.29, 0.717) is 0 Å². The standard InChI is InChI=1S/C18H12F3N5O3S/c19-18(20,21)11-2-1-3-12(8-11)26-16(29)13(15(28)24-17(26)30)9-23-25-14(27)10-4-6-22-7-5-10/h1-9,29H,(H,25,27)(H,24,28,30)/b23-9+. The number of amides is 1. The molecule has 0 radical (unpaired) electrons. The van der Waals surface area contributed by atoms with E-state index < -0.39 is 34.6 Å². The first-order chi connectivity index (χ1) is 14.2. The summed E-state index contributed by atoms with van der Waals surface area (Å²) in [5.74, 6) is -1.35.